The maximum absolute atomic E-state index is 12.8. The van der Waals surface area contributed by atoms with Crippen LogP contribution >= 0.6 is 11.6 Å². The molecule has 1 amide bonds. The number of likely N-dealkylation sites (tertiary alicyclic amines) is 3. The van der Waals surface area contributed by atoms with Crippen molar-refractivity contribution in [1.29, 1.82) is 0 Å². The van der Waals surface area contributed by atoms with Crippen molar-refractivity contribution < 1.29 is 35.9 Å². The summed E-state index contributed by atoms with van der Waals surface area (Å²) in [6.45, 7) is 8.79. The van der Waals surface area contributed by atoms with Crippen molar-refractivity contribution >= 4 is 23.4 Å². The van der Waals surface area contributed by atoms with E-state index < -0.39 is 30.1 Å². The summed E-state index contributed by atoms with van der Waals surface area (Å²) in [6.07, 6.45) is -12.2. The summed E-state index contributed by atoms with van der Waals surface area (Å²) in [4.78, 5) is 20.1. The van der Waals surface area contributed by atoms with E-state index in [1.54, 1.807) is 0 Å². The minimum Gasteiger partial charge on any atom is -0.426 e. The van der Waals surface area contributed by atoms with Gasteiger partial charge < -0.3 is 19.4 Å². The molecule has 0 aromatic heterocycles. The van der Waals surface area contributed by atoms with Gasteiger partial charge in [-0.05, 0) is 80.9 Å². The van der Waals surface area contributed by atoms with E-state index in [0.29, 0.717) is 29.9 Å². The quantitative estimate of drug-likeness (QED) is 0.394. The Balaban J connectivity index is 1.20. The fourth-order valence-corrected chi connectivity index (χ4v) is 7.21. The summed E-state index contributed by atoms with van der Waals surface area (Å²) in [6, 6.07) is 5.97. The molecule has 224 valence electrons. The highest BCUT2D eigenvalue weighted by molar-refractivity contribution is 6.30. The summed E-state index contributed by atoms with van der Waals surface area (Å²) in [5.74, 6) is 0. The molecule has 0 N–H and O–H groups in total. The van der Waals surface area contributed by atoms with Crippen LogP contribution in [0.1, 0.15) is 44.6 Å². The van der Waals surface area contributed by atoms with Crippen molar-refractivity contribution in [3.05, 3.63) is 28.8 Å². The van der Waals surface area contributed by atoms with Crippen LogP contribution < -0.4 is 4.90 Å². The van der Waals surface area contributed by atoms with Gasteiger partial charge in [-0.3, -0.25) is 4.90 Å². The second-order valence-corrected chi connectivity index (χ2v) is 12.3. The number of alkyl halides is 6. The van der Waals surface area contributed by atoms with E-state index in [9.17, 15) is 31.1 Å². The molecule has 6 nitrogen and oxygen atoms in total. The summed E-state index contributed by atoms with van der Waals surface area (Å²) in [5.41, 5.74) is 1.93. The number of piperidine rings is 1. The SMILES string of the molecule is CCN1CCC2(CCN(c3cc(Cl)cc(CN4CCCC45CN(C(=O)OC(C(F)(F)F)C(F)(F)F)C5)c3)CC2)C1. The van der Waals surface area contributed by atoms with Gasteiger partial charge >= 0.3 is 18.4 Å². The Morgan fingerprint density at radius 2 is 1.60 bits per heavy atom. The van der Waals surface area contributed by atoms with Gasteiger partial charge in [-0.25, -0.2) is 4.79 Å². The number of rotatable bonds is 5. The molecule has 13 heteroatoms. The maximum Gasteiger partial charge on any atom is 0.434 e. The number of carbonyl (C=O) groups excluding carboxylic acids is 1. The molecule has 0 aliphatic carbocycles. The van der Waals surface area contributed by atoms with Gasteiger partial charge in [-0.1, -0.05) is 18.5 Å². The molecule has 1 aromatic rings. The van der Waals surface area contributed by atoms with Crippen molar-refractivity contribution in [2.75, 3.05) is 57.3 Å². The third-order valence-corrected chi connectivity index (χ3v) is 9.47. The van der Waals surface area contributed by atoms with Crippen LogP contribution in [0, 0.1) is 5.41 Å². The molecule has 2 spiro atoms. The lowest BCUT2D eigenvalue weighted by atomic mass is 9.77. The first-order chi connectivity index (χ1) is 18.7. The lowest BCUT2D eigenvalue weighted by Crippen LogP contribution is -2.69. The van der Waals surface area contributed by atoms with Crippen molar-refractivity contribution in [3.8, 4) is 0 Å². The highest BCUT2D eigenvalue weighted by atomic mass is 35.5. The molecule has 0 unspecified atom stereocenters. The number of hydrogen-bond acceptors (Lipinski definition) is 5. The summed E-state index contributed by atoms with van der Waals surface area (Å²) < 4.78 is 80.8. The Morgan fingerprint density at radius 1 is 0.950 bits per heavy atom. The van der Waals surface area contributed by atoms with Crippen LogP contribution in [0.25, 0.3) is 0 Å². The van der Waals surface area contributed by atoms with Gasteiger partial charge in [0.15, 0.2) is 0 Å². The van der Waals surface area contributed by atoms with Crippen LogP contribution in [0.15, 0.2) is 18.2 Å². The van der Waals surface area contributed by atoms with Crippen LogP contribution in [0.2, 0.25) is 5.02 Å². The minimum atomic E-state index is -5.73. The smallest absolute Gasteiger partial charge is 0.426 e. The molecule has 0 atom stereocenters. The van der Waals surface area contributed by atoms with E-state index >= 15 is 0 Å². The molecular formula is C27H35ClF6N4O2. The molecule has 1 aromatic carbocycles. The van der Waals surface area contributed by atoms with E-state index in [1.165, 1.54) is 6.42 Å². The average molecular weight is 597 g/mol. The molecule has 0 bridgehead atoms. The van der Waals surface area contributed by atoms with Crippen LogP contribution in [-0.4, -0.2) is 97.1 Å². The number of anilines is 1. The van der Waals surface area contributed by atoms with Crippen molar-refractivity contribution in [1.82, 2.24) is 14.7 Å². The topological polar surface area (TPSA) is 39.3 Å². The Morgan fingerprint density at radius 3 is 2.20 bits per heavy atom. The third kappa shape index (κ3) is 5.99. The molecule has 4 saturated heterocycles. The Hall–Kier alpha value is -1.92. The second-order valence-electron chi connectivity index (χ2n) is 11.9. The monoisotopic (exact) mass is 596 g/mol. The van der Waals surface area contributed by atoms with Crippen LogP contribution in [-0.2, 0) is 11.3 Å². The van der Waals surface area contributed by atoms with Gasteiger partial charge in [0.2, 0.25) is 0 Å². The van der Waals surface area contributed by atoms with E-state index in [2.05, 4.69) is 32.4 Å². The normalized spacial score (nSPS) is 23.4. The third-order valence-electron chi connectivity index (χ3n) is 9.25. The number of hydrogen-bond donors (Lipinski definition) is 0. The first kappa shape index (κ1) is 29.6. The number of carbonyl (C=O) groups is 1. The fourth-order valence-electron chi connectivity index (χ4n) is 6.96. The van der Waals surface area contributed by atoms with Crippen LogP contribution in [0.3, 0.4) is 0 Å². The Kier molecular flexibility index (Phi) is 7.93. The number of ether oxygens (including phenoxy) is 1. The maximum atomic E-state index is 12.8. The zero-order chi connectivity index (χ0) is 28.9. The summed E-state index contributed by atoms with van der Waals surface area (Å²) in [7, 11) is 0. The standard InChI is InChI=1S/C27H35ClF6N4O2/c1-2-35-9-5-24(16-35)6-10-36(11-7-24)21-13-19(12-20(28)14-21)15-38-8-3-4-25(38)17-37(18-25)23(39)40-22(26(29,30)31)27(32,33)34/h12-14,22H,2-11,15-18H2,1H3. The van der Waals surface area contributed by atoms with Gasteiger partial charge in [0.05, 0.1) is 5.54 Å². The predicted molar refractivity (Wildman–Crippen MR) is 138 cm³/mol. The highest BCUT2D eigenvalue weighted by Gasteiger charge is 2.61. The van der Waals surface area contributed by atoms with Gasteiger partial charge in [-0.15, -0.1) is 0 Å². The van der Waals surface area contributed by atoms with E-state index in [1.807, 2.05) is 12.1 Å². The lowest BCUT2D eigenvalue weighted by Gasteiger charge is -2.52. The molecule has 5 rings (SSSR count). The molecule has 4 aliphatic heterocycles. The van der Waals surface area contributed by atoms with Gasteiger partial charge in [-0.2, -0.15) is 26.3 Å². The first-order valence-electron chi connectivity index (χ1n) is 13.8. The molecule has 0 saturated carbocycles. The Bertz CT molecular complexity index is 1070. The molecular weight excluding hydrogens is 562 g/mol. The zero-order valence-electron chi connectivity index (χ0n) is 22.5. The largest absolute Gasteiger partial charge is 0.434 e. The van der Waals surface area contributed by atoms with Crippen molar-refractivity contribution in [3.63, 3.8) is 0 Å². The average Bonchev–Trinajstić information content (AvgIpc) is 3.44. The fraction of sp³-hybridized carbons (Fsp3) is 0.741. The van der Waals surface area contributed by atoms with Crippen LogP contribution in [0.4, 0.5) is 36.8 Å². The molecule has 4 fully saturated rings. The molecule has 4 heterocycles. The molecule has 40 heavy (non-hydrogen) atoms. The molecule has 4 aliphatic rings. The number of halogens is 7. The second kappa shape index (κ2) is 10.7. The van der Waals surface area contributed by atoms with E-state index in [0.717, 1.165) is 68.1 Å². The number of benzene rings is 1. The van der Waals surface area contributed by atoms with Gasteiger partial charge in [0.1, 0.15) is 0 Å². The molecule has 0 radical (unpaired) electrons. The lowest BCUT2D eigenvalue weighted by molar-refractivity contribution is -0.309. The minimum absolute atomic E-state index is 0.0185. The number of amides is 1. The van der Waals surface area contributed by atoms with Gasteiger partial charge in [0.25, 0.3) is 6.10 Å². The zero-order valence-corrected chi connectivity index (χ0v) is 23.2. The summed E-state index contributed by atoms with van der Waals surface area (Å²) in [5, 5.41) is 0.614. The van der Waals surface area contributed by atoms with Crippen molar-refractivity contribution in [2.45, 2.75) is 69.6 Å². The predicted octanol–water partition coefficient (Wildman–Crippen LogP) is 5.93. The van der Waals surface area contributed by atoms with Gasteiger partial charge in [0, 0.05) is 50.0 Å². The highest BCUT2D eigenvalue weighted by Crippen LogP contribution is 2.43. The van der Waals surface area contributed by atoms with Crippen molar-refractivity contribution in [2.24, 2.45) is 5.41 Å². The number of nitrogens with zero attached hydrogens (tertiary/aromatic N) is 4. The first-order valence-corrected chi connectivity index (χ1v) is 14.2. The van der Waals surface area contributed by atoms with Crippen LogP contribution in [0.5, 0.6) is 0 Å². The van der Waals surface area contributed by atoms with E-state index in [-0.39, 0.29) is 13.1 Å². The summed E-state index contributed by atoms with van der Waals surface area (Å²) >= 11 is 6.51. The Labute approximate surface area is 235 Å². The van der Waals surface area contributed by atoms with E-state index in [4.69, 9.17) is 11.6 Å².